The highest BCUT2D eigenvalue weighted by atomic mass is 19.4. The van der Waals surface area contributed by atoms with Crippen molar-refractivity contribution in [2.24, 2.45) is 5.10 Å². The summed E-state index contributed by atoms with van der Waals surface area (Å²) in [4.78, 5) is 29.5. The van der Waals surface area contributed by atoms with E-state index in [-0.39, 0.29) is 16.8 Å². The zero-order valence-electron chi connectivity index (χ0n) is 19.2. The molecule has 1 aromatic heterocycles. The van der Waals surface area contributed by atoms with Crippen LogP contribution in [0.5, 0.6) is 5.75 Å². The first kappa shape index (κ1) is 24.6. The number of carbonyl (C=O) groups is 1. The third kappa shape index (κ3) is 5.12. The Bertz CT molecular complexity index is 1510. The minimum Gasteiger partial charge on any atom is -0.478 e. The van der Waals surface area contributed by atoms with Crippen molar-refractivity contribution in [3.63, 3.8) is 0 Å². The van der Waals surface area contributed by atoms with Crippen LogP contribution in [0.3, 0.4) is 0 Å². The molecule has 0 unspecified atom stereocenters. The standard InChI is InChI=1S/C26H20F3N3O4/c1-16(25(34)35-2)36-22-13-6-3-8-18(22)15-30-32-23(17-9-7-10-19(14-17)26(27,28)29)31-21-12-5-4-11-20(21)24(32)33/h3-16H,1-2H3/t16-/m0/s1. The summed E-state index contributed by atoms with van der Waals surface area (Å²) in [5.41, 5.74) is -0.645. The lowest BCUT2D eigenvalue weighted by Crippen LogP contribution is -2.25. The smallest absolute Gasteiger partial charge is 0.416 e. The zero-order chi connectivity index (χ0) is 25.9. The van der Waals surface area contributed by atoms with E-state index in [9.17, 15) is 22.8 Å². The third-order valence-electron chi connectivity index (χ3n) is 5.27. The van der Waals surface area contributed by atoms with Gasteiger partial charge in [-0.15, -0.1) is 0 Å². The maximum atomic E-state index is 13.4. The summed E-state index contributed by atoms with van der Waals surface area (Å²) in [5, 5.41) is 4.51. The molecule has 7 nitrogen and oxygen atoms in total. The Hall–Kier alpha value is -4.47. The second-order valence-corrected chi connectivity index (χ2v) is 7.71. The lowest BCUT2D eigenvalue weighted by Gasteiger charge is -2.14. The van der Waals surface area contributed by atoms with Gasteiger partial charge in [-0.2, -0.15) is 22.9 Å². The van der Waals surface area contributed by atoms with E-state index in [4.69, 9.17) is 4.74 Å². The van der Waals surface area contributed by atoms with E-state index in [0.29, 0.717) is 16.8 Å². The van der Waals surface area contributed by atoms with Crippen molar-refractivity contribution >= 4 is 23.1 Å². The molecule has 0 aliphatic carbocycles. The second-order valence-electron chi connectivity index (χ2n) is 7.71. The number of nitrogens with zero attached hydrogens (tertiary/aromatic N) is 3. The van der Waals surface area contributed by atoms with Crippen molar-refractivity contribution in [2.75, 3.05) is 7.11 Å². The molecule has 4 aromatic rings. The summed E-state index contributed by atoms with van der Waals surface area (Å²) in [6.45, 7) is 1.52. The van der Waals surface area contributed by atoms with E-state index in [2.05, 4.69) is 14.8 Å². The summed E-state index contributed by atoms with van der Waals surface area (Å²) in [7, 11) is 1.24. The Morgan fingerprint density at radius 2 is 1.78 bits per heavy atom. The molecule has 0 spiro atoms. The number of benzene rings is 3. The van der Waals surface area contributed by atoms with Crippen molar-refractivity contribution in [1.29, 1.82) is 0 Å². The molecule has 4 rings (SSSR count). The first-order chi connectivity index (χ1) is 17.2. The van der Waals surface area contributed by atoms with E-state index in [0.717, 1.165) is 16.8 Å². The summed E-state index contributed by atoms with van der Waals surface area (Å²) in [6, 6.07) is 17.6. The number of alkyl halides is 3. The predicted octanol–water partition coefficient (Wildman–Crippen LogP) is 4.90. The summed E-state index contributed by atoms with van der Waals surface area (Å²) in [5.74, 6) is -0.354. The van der Waals surface area contributed by atoms with Gasteiger partial charge in [-0.05, 0) is 43.3 Å². The molecule has 10 heteroatoms. The van der Waals surface area contributed by atoms with Gasteiger partial charge >= 0.3 is 12.1 Å². The van der Waals surface area contributed by atoms with Crippen LogP contribution in [0.25, 0.3) is 22.3 Å². The number of carbonyl (C=O) groups excluding carboxylic acids is 1. The van der Waals surface area contributed by atoms with Gasteiger partial charge in [0.15, 0.2) is 11.9 Å². The lowest BCUT2D eigenvalue weighted by atomic mass is 10.1. The Morgan fingerprint density at radius 3 is 2.53 bits per heavy atom. The Balaban J connectivity index is 1.85. The van der Waals surface area contributed by atoms with Crippen LogP contribution in [-0.4, -0.2) is 35.1 Å². The third-order valence-corrected chi connectivity index (χ3v) is 5.27. The highest BCUT2D eigenvalue weighted by Gasteiger charge is 2.31. The van der Waals surface area contributed by atoms with E-state index < -0.39 is 29.4 Å². The fraction of sp³-hybridized carbons (Fsp3) is 0.154. The number of para-hydroxylation sites is 2. The van der Waals surface area contributed by atoms with Crippen LogP contribution in [0, 0.1) is 0 Å². The number of aromatic nitrogens is 2. The normalized spacial score (nSPS) is 12.6. The molecule has 36 heavy (non-hydrogen) atoms. The maximum Gasteiger partial charge on any atom is 0.416 e. The van der Waals surface area contributed by atoms with Crippen molar-refractivity contribution in [1.82, 2.24) is 9.66 Å². The molecule has 0 aliphatic heterocycles. The number of hydrogen-bond donors (Lipinski definition) is 0. The number of halogens is 3. The van der Waals surface area contributed by atoms with Gasteiger partial charge in [0.05, 0.1) is 29.8 Å². The first-order valence-electron chi connectivity index (χ1n) is 10.8. The van der Waals surface area contributed by atoms with Gasteiger partial charge < -0.3 is 9.47 Å². The van der Waals surface area contributed by atoms with E-state index in [1.54, 1.807) is 48.5 Å². The Labute approximate surface area is 203 Å². The van der Waals surface area contributed by atoms with Crippen LogP contribution < -0.4 is 10.3 Å². The molecule has 3 aromatic carbocycles. The molecule has 0 radical (unpaired) electrons. The number of fused-ring (bicyclic) bond motifs is 1. The number of methoxy groups -OCH3 is 1. The van der Waals surface area contributed by atoms with Gasteiger partial charge in [-0.1, -0.05) is 36.4 Å². The summed E-state index contributed by atoms with van der Waals surface area (Å²) >= 11 is 0. The highest BCUT2D eigenvalue weighted by molar-refractivity contribution is 5.85. The van der Waals surface area contributed by atoms with Crippen LogP contribution in [0.4, 0.5) is 13.2 Å². The number of hydrogen-bond acceptors (Lipinski definition) is 6. The molecule has 1 heterocycles. The number of esters is 1. The summed E-state index contributed by atoms with van der Waals surface area (Å²) < 4.78 is 51.3. The van der Waals surface area contributed by atoms with Gasteiger partial charge in [0.25, 0.3) is 5.56 Å². The van der Waals surface area contributed by atoms with Gasteiger partial charge in [0.1, 0.15) is 5.75 Å². The quantitative estimate of drug-likeness (QED) is 0.281. The summed E-state index contributed by atoms with van der Waals surface area (Å²) in [6.07, 6.45) is -4.17. The molecule has 0 amide bonds. The van der Waals surface area contributed by atoms with Crippen molar-refractivity contribution in [3.8, 4) is 17.1 Å². The Kier molecular flexibility index (Phi) is 6.86. The molecule has 0 aliphatic rings. The lowest BCUT2D eigenvalue weighted by molar-refractivity contribution is -0.148. The largest absolute Gasteiger partial charge is 0.478 e. The topological polar surface area (TPSA) is 82.8 Å². The number of rotatable bonds is 6. The highest BCUT2D eigenvalue weighted by Crippen LogP contribution is 2.32. The monoisotopic (exact) mass is 495 g/mol. The van der Waals surface area contributed by atoms with Crippen LogP contribution in [0.2, 0.25) is 0 Å². The molecule has 0 saturated heterocycles. The average molecular weight is 495 g/mol. The van der Waals surface area contributed by atoms with Gasteiger partial charge in [0, 0.05) is 11.1 Å². The molecule has 184 valence electrons. The molecule has 0 fully saturated rings. The van der Waals surface area contributed by atoms with Gasteiger partial charge in [-0.3, -0.25) is 4.79 Å². The van der Waals surface area contributed by atoms with Crippen LogP contribution in [0.1, 0.15) is 18.1 Å². The average Bonchev–Trinajstić information content (AvgIpc) is 2.88. The maximum absolute atomic E-state index is 13.4. The predicted molar refractivity (Wildman–Crippen MR) is 128 cm³/mol. The SMILES string of the molecule is COC(=O)[C@H](C)Oc1ccccc1C=Nn1c(-c2cccc(C(F)(F)F)c2)nc2ccccc2c1=O. The molecule has 1 atom stereocenters. The van der Waals surface area contributed by atoms with E-state index in [1.807, 2.05) is 0 Å². The van der Waals surface area contributed by atoms with Gasteiger partial charge in [0.2, 0.25) is 0 Å². The van der Waals surface area contributed by atoms with Crippen molar-refractivity contribution in [2.45, 2.75) is 19.2 Å². The minimum atomic E-state index is -4.58. The van der Waals surface area contributed by atoms with Crippen LogP contribution in [0.15, 0.2) is 82.7 Å². The second kappa shape index (κ2) is 10.0. The fourth-order valence-corrected chi connectivity index (χ4v) is 3.47. The van der Waals surface area contributed by atoms with Crippen LogP contribution in [-0.2, 0) is 15.7 Å². The van der Waals surface area contributed by atoms with Crippen LogP contribution >= 0.6 is 0 Å². The van der Waals surface area contributed by atoms with Crippen molar-refractivity contribution < 1.29 is 27.4 Å². The zero-order valence-corrected chi connectivity index (χ0v) is 19.2. The van der Waals surface area contributed by atoms with Crippen molar-refractivity contribution in [3.05, 3.63) is 94.3 Å². The minimum absolute atomic E-state index is 0.0636. The molecule has 0 N–H and O–H groups in total. The first-order valence-corrected chi connectivity index (χ1v) is 10.8. The molecular formula is C26H20F3N3O4. The molecular weight excluding hydrogens is 475 g/mol. The fourth-order valence-electron chi connectivity index (χ4n) is 3.47. The number of ether oxygens (including phenoxy) is 2. The molecule has 0 bridgehead atoms. The van der Waals surface area contributed by atoms with E-state index in [1.165, 1.54) is 32.4 Å². The van der Waals surface area contributed by atoms with Gasteiger partial charge in [-0.25, -0.2) is 9.78 Å². The Morgan fingerprint density at radius 1 is 1.06 bits per heavy atom. The molecule has 0 saturated carbocycles. The van der Waals surface area contributed by atoms with E-state index >= 15 is 0 Å².